The Kier molecular flexibility index (Phi) is 2.80. The van der Waals surface area contributed by atoms with Crippen molar-refractivity contribution in [2.24, 2.45) is 0 Å². The van der Waals surface area contributed by atoms with Gasteiger partial charge in [0.25, 0.3) is 0 Å². The second kappa shape index (κ2) is 4.28. The number of aromatic carboxylic acids is 1. The van der Waals surface area contributed by atoms with Gasteiger partial charge in [-0.2, -0.15) is 0 Å². The molecular formula is C11H9N3O4. The smallest absolute Gasteiger partial charge is 0.390 e. The van der Waals surface area contributed by atoms with Gasteiger partial charge in [0, 0.05) is 0 Å². The maximum atomic E-state index is 10.8. The van der Waals surface area contributed by atoms with Crippen LogP contribution in [0.2, 0.25) is 0 Å². The van der Waals surface area contributed by atoms with Crippen LogP contribution in [0.4, 0.5) is 5.82 Å². The molecule has 0 saturated carbocycles. The average Bonchev–Trinajstić information content (AvgIpc) is 2.72. The standard InChI is InChI=1S/C11H9N3O4/c1-7-5-10(14(17)18)12-13(7)9-4-2-3-8(6-9)11(15)16/h2-6H,1H3,(H,15,16). The van der Waals surface area contributed by atoms with Gasteiger partial charge in [0.15, 0.2) is 0 Å². The number of aryl methyl sites for hydroxylation is 1. The lowest BCUT2D eigenvalue weighted by Crippen LogP contribution is -2.02. The van der Waals surface area contributed by atoms with Crippen molar-refractivity contribution < 1.29 is 14.8 Å². The first-order chi connectivity index (χ1) is 8.49. The number of carboxylic acids is 1. The SMILES string of the molecule is Cc1cc([N+](=O)[O-])nn1-c1cccc(C(=O)O)c1. The molecule has 0 amide bonds. The first-order valence-corrected chi connectivity index (χ1v) is 5.04. The third-order valence-corrected chi connectivity index (χ3v) is 2.40. The molecule has 0 aliphatic rings. The lowest BCUT2D eigenvalue weighted by atomic mass is 10.2. The van der Waals surface area contributed by atoms with Crippen LogP contribution in [-0.2, 0) is 0 Å². The van der Waals surface area contributed by atoms with E-state index >= 15 is 0 Å². The van der Waals surface area contributed by atoms with Crippen LogP contribution >= 0.6 is 0 Å². The van der Waals surface area contributed by atoms with E-state index in [2.05, 4.69) is 5.10 Å². The number of nitro groups is 1. The highest BCUT2D eigenvalue weighted by Gasteiger charge is 2.17. The van der Waals surface area contributed by atoms with Crippen LogP contribution < -0.4 is 0 Å². The molecule has 1 aromatic carbocycles. The highest BCUT2D eigenvalue weighted by atomic mass is 16.6. The maximum Gasteiger partial charge on any atom is 0.390 e. The molecule has 0 aliphatic heterocycles. The van der Waals surface area contributed by atoms with Gasteiger partial charge in [0.1, 0.15) is 0 Å². The van der Waals surface area contributed by atoms with Crippen LogP contribution in [0.15, 0.2) is 30.3 Å². The molecule has 0 aliphatic carbocycles. The van der Waals surface area contributed by atoms with Crippen LogP contribution in [0.3, 0.4) is 0 Å². The Labute approximate surface area is 101 Å². The molecule has 92 valence electrons. The van der Waals surface area contributed by atoms with E-state index in [4.69, 9.17) is 5.11 Å². The minimum absolute atomic E-state index is 0.102. The van der Waals surface area contributed by atoms with E-state index in [0.717, 1.165) is 0 Å². The highest BCUT2D eigenvalue weighted by molar-refractivity contribution is 5.88. The van der Waals surface area contributed by atoms with Gasteiger partial charge in [0.2, 0.25) is 0 Å². The zero-order valence-electron chi connectivity index (χ0n) is 9.40. The zero-order chi connectivity index (χ0) is 13.3. The largest absolute Gasteiger partial charge is 0.478 e. The molecule has 7 heteroatoms. The summed E-state index contributed by atoms with van der Waals surface area (Å²) in [4.78, 5) is 20.9. The summed E-state index contributed by atoms with van der Waals surface area (Å²) in [5.74, 6) is -1.33. The van der Waals surface area contributed by atoms with Crippen LogP contribution in [0.1, 0.15) is 16.1 Å². The van der Waals surface area contributed by atoms with Crippen LogP contribution in [0.5, 0.6) is 0 Å². The van der Waals surface area contributed by atoms with E-state index in [1.165, 1.54) is 22.9 Å². The van der Waals surface area contributed by atoms with Crippen molar-refractivity contribution >= 4 is 11.8 Å². The lowest BCUT2D eigenvalue weighted by Gasteiger charge is -2.00. The molecule has 1 aromatic heterocycles. The molecule has 0 unspecified atom stereocenters. The summed E-state index contributed by atoms with van der Waals surface area (Å²) in [6, 6.07) is 7.38. The molecule has 2 rings (SSSR count). The Morgan fingerprint density at radius 1 is 1.44 bits per heavy atom. The topological polar surface area (TPSA) is 98.3 Å². The second-order valence-corrected chi connectivity index (χ2v) is 3.67. The zero-order valence-corrected chi connectivity index (χ0v) is 9.40. The van der Waals surface area contributed by atoms with Gasteiger partial charge in [-0.05, 0) is 30.0 Å². The fraction of sp³-hybridized carbons (Fsp3) is 0.0909. The van der Waals surface area contributed by atoms with Gasteiger partial charge in [0.05, 0.1) is 28.1 Å². The number of rotatable bonds is 3. The third kappa shape index (κ3) is 2.05. The van der Waals surface area contributed by atoms with Crippen LogP contribution in [0.25, 0.3) is 5.69 Å². The van der Waals surface area contributed by atoms with E-state index < -0.39 is 10.9 Å². The monoisotopic (exact) mass is 247 g/mol. The van der Waals surface area contributed by atoms with E-state index in [-0.39, 0.29) is 11.4 Å². The summed E-state index contributed by atoms with van der Waals surface area (Å²) in [5.41, 5.74) is 1.13. The molecular weight excluding hydrogens is 238 g/mol. The molecule has 1 heterocycles. The van der Waals surface area contributed by atoms with Crippen LogP contribution in [0, 0.1) is 17.0 Å². The summed E-state index contributed by atoms with van der Waals surface area (Å²) < 4.78 is 1.34. The predicted octanol–water partition coefficient (Wildman–Crippen LogP) is 1.79. The molecule has 0 atom stereocenters. The first kappa shape index (κ1) is 11.8. The van der Waals surface area contributed by atoms with Gasteiger partial charge >= 0.3 is 11.8 Å². The predicted molar refractivity (Wildman–Crippen MR) is 61.9 cm³/mol. The molecule has 2 aromatic rings. The maximum absolute atomic E-state index is 10.8. The number of aromatic nitrogens is 2. The van der Waals surface area contributed by atoms with E-state index in [1.807, 2.05) is 0 Å². The Bertz CT molecular complexity index is 633. The number of hydrogen-bond donors (Lipinski definition) is 1. The van der Waals surface area contributed by atoms with E-state index in [9.17, 15) is 14.9 Å². The summed E-state index contributed by atoms with van der Waals surface area (Å²) in [5, 5.41) is 23.3. The quantitative estimate of drug-likeness (QED) is 0.658. The molecule has 18 heavy (non-hydrogen) atoms. The molecule has 1 N–H and O–H groups in total. The van der Waals surface area contributed by atoms with Crippen molar-refractivity contribution in [1.29, 1.82) is 0 Å². The molecule has 0 spiro atoms. The minimum atomic E-state index is -1.06. The number of carboxylic acid groups (broad SMARTS) is 1. The Morgan fingerprint density at radius 2 is 2.17 bits per heavy atom. The normalized spacial score (nSPS) is 10.3. The van der Waals surface area contributed by atoms with Crippen molar-refractivity contribution in [3.63, 3.8) is 0 Å². The molecule has 0 saturated heterocycles. The Balaban J connectivity index is 2.51. The van der Waals surface area contributed by atoms with Gasteiger partial charge in [-0.15, -0.1) is 4.68 Å². The molecule has 0 fully saturated rings. The molecule has 0 radical (unpaired) electrons. The summed E-state index contributed by atoms with van der Waals surface area (Å²) in [7, 11) is 0. The molecule has 0 bridgehead atoms. The molecule has 7 nitrogen and oxygen atoms in total. The van der Waals surface area contributed by atoms with Crippen molar-refractivity contribution in [2.45, 2.75) is 6.92 Å². The van der Waals surface area contributed by atoms with Crippen molar-refractivity contribution in [2.75, 3.05) is 0 Å². The second-order valence-electron chi connectivity index (χ2n) is 3.67. The van der Waals surface area contributed by atoms with Crippen molar-refractivity contribution in [3.8, 4) is 5.69 Å². The van der Waals surface area contributed by atoms with Gasteiger partial charge in [-0.25, -0.2) is 4.79 Å². The summed E-state index contributed by atoms with van der Waals surface area (Å²) in [6.45, 7) is 1.66. The number of hydrogen-bond acceptors (Lipinski definition) is 4. The Hall–Kier alpha value is -2.70. The summed E-state index contributed by atoms with van der Waals surface area (Å²) >= 11 is 0. The van der Waals surface area contributed by atoms with Crippen molar-refractivity contribution in [3.05, 3.63) is 51.7 Å². The van der Waals surface area contributed by atoms with E-state index in [1.54, 1.807) is 19.1 Å². The first-order valence-electron chi connectivity index (χ1n) is 5.04. The minimum Gasteiger partial charge on any atom is -0.478 e. The Morgan fingerprint density at radius 3 is 2.72 bits per heavy atom. The van der Waals surface area contributed by atoms with E-state index in [0.29, 0.717) is 11.4 Å². The number of carbonyl (C=O) groups is 1. The number of nitrogens with zero attached hydrogens (tertiary/aromatic N) is 3. The third-order valence-electron chi connectivity index (χ3n) is 2.40. The van der Waals surface area contributed by atoms with Crippen LogP contribution in [-0.4, -0.2) is 25.8 Å². The fourth-order valence-corrected chi connectivity index (χ4v) is 1.58. The van der Waals surface area contributed by atoms with Gasteiger partial charge in [-0.3, -0.25) is 0 Å². The van der Waals surface area contributed by atoms with Crippen molar-refractivity contribution in [1.82, 2.24) is 9.78 Å². The number of benzene rings is 1. The lowest BCUT2D eigenvalue weighted by molar-refractivity contribution is -0.389. The summed E-state index contributed by atoms with van der Waals surface area (Å²) in [6.07, 6.45) is 0. The van der Waals surface area contributed by atoms with Gasteiger partial charge in [-0.1, -0.05) is 6.07 Å². The average molecular weight is 247 g/mol. The fourth-order valence-electron chi connectivity index (χ4n) is 1.58. The van der Waals surface area contributed by atoms with Gasteiger partial charge < -0.3 is 15.2 Å². The highest BCUT2D eigenvalue weighted by Crippen LogP contribution is 2.17.